The molecule has 0 spiro atoms. The molecule has 0 aliphatic carbocycles. The first-order chi connectivity index (χ1) is 14.4. The van der Waals surface area contributed by atoms with Crippen LogP contribution >= 0.6 is 58.5 Å². The van der Waals surface area contributed by atoms with E-state index in [1.807, 2.05) is 0 Å². The van der Waals surface area contributed by atoms with Crippen LogP contribution in [0.25, 0.3) is 16.0 Å². The number of hydrogen-bond donors (Lipinski definition) is 1. The van der Waals surface area contributed by atoms with Crippen LogP contribution in [0, 0.1) is 9.77 Å². The highest BCUT2D eigenvalue weighted by Crippen LogP contribution is 2.32. The van der Waals surface area contributed by atoms with Gasteiger partial charge >= 0.3 is 0 Å². The van der Waals surface area contributed by atoms with Crippen molar-refractivity contribution in [1.82, 2.24) is 14.5 Å². The summed E-state index contributed by atoms with van der Waals surface area (Å²) in [5.41, 5.74) is 0.951. The number of aromatic amines is 1. The maximum absolute atomic E-state index is 14.1. The van der Waals surface area contributed by atoms with Gasteiger partial charge in [0.25, 0.3) is 5.56 Å². The average molecular weight is 500 g/mol. The zero-order chi connectivity index (χ0) is 21.4. The normalized spacial score (nSPS) is 11.2. The van der Waals surface area contributed by atoms with Gasteiger partial charge < -0.3 is 9.72 Å². The van der Waals surface area contributed by atoms with Crippen LogP contribution in [0.15, 0.2) is 46.3 Å². The van der Waals surface area contributed by atoms with Gasteiger partial charge in [-0.15, -0.1) is 0 Å². The Hall–Kier alpha value is -1.91. The fourth-order valence-electron chi connectivity index (χ4n) is 2.82. The molecule has 0 saturated heterocycles. The molecule has 0 saturated carbocycles. The lowest BCUT2D eigenvalue weighted by molar-refractivity contribution is 0.413. The predicted molar refractivity (Wildman–Crippen MR) is 123 cm³/mol. The molecule has 0 unspecified atom stereocenters. The Morgan fingerprint density at radius 1 is 1.33 bits per heavy atom. The van der Waals surface area contributed by atoms with E-state index in [0.717, 1.165) is 11.3 Å². The van der Waals surface area contributed by atoms with Crippen molar-refractivity contribution in [3.8, 4) is 11.4 Å². The minimum absolute atomic E-state index is 0.200. The minimum atomic E-state index is -0.416. The highest BCUT2D eigenvalue weighted by Gasteiger charge is 2.17. The monoisotopic (exact) mass is 499 g/mol. The maximum Gasteiger partial charge on any atom is 0.271 e. The molecular weight excluding hydrogens is 488 g/mol. The number of nitrogens with zero attached hydrogens (tertiary/aromatic N) is 2. The van der Waals surface area contributed by atoms with Crippen LogP contribution in [0.2, 0.25) is 10.0 Å². The molecule has 2 heterocycles. The molecule has 1 N–H and O–H groups in total. The third kappa shape index (κ3) is 4.00. The van der Waals surface area contributed by atoms with Crippen LogP contribution in [0.1, 0.15) is 5.56 Å². The van der Waals surface area contributed by atoms with Crippen molar-refractivity contribution in [2.24, 2.45) is 0 Å². The molecule has 0 amide bonds. The van der Waals surface area contributed by atoms with Crippen LogP contribution in [0.5, 0.6) is 5.75 Å². The first-order valence-corrected chi connectivity index (χ1v) is 11.4. The fraction of sp³-hybridized carbons (Fsp3) is 0.105. The summed E-state index contributed by atoms with van der Waals surface area (Å²) in [6, 6.07) is 9.59. The number of thiazole rings is 1. The quantitative estimate of drug-likeness (QED) is 0.199. The van der Waals surface area contributed by atoms with E-state index >= 15 is 0 Å². The SMILES string of the molecule is COc1ccc(Cl)cc1-n1c(=S)sc2c(=O)[nH]c(SCc3c(F)cccc3Cl)nc21. The number of nitrogens with one attached hydrogen (secondary N) is 1. The second-order valence-corrected chi connectivity index (χ2v) is 9.48. The second-order valence-electron chi connectivity index (χ2n) is 6.03. The van der Waals surface area contributed by atoms with Crippen molar-refractivity contribution in [2.45, 2.75) is 10.9 Å². The Morgan fingerprint density at radius 3 is 2.87 bits per heavy atom. The van der Waals surface area contributed by atoms with Crippen LogP contribution in [-0.4, -0.2) is 21.6 Å². The van der Waals surface area contributed by atoms with E-state index in [1.165, 1.54) is 31.0 Å². The zero-order valence-electron chi connectivity index (χ0n) is 15.2. The van der Waals surface area contributed by atoms with E-state index in [9.17, 15) is 9.18 Å². The maximum atomic E-state index is 14.1. The van der Waals surface area contributed by atoms with E-state index in [2.05, 4.69) is 9.97 Å². The van der Waals surface area contributed by atoms with Crippen molar-refractivity contribution in [3.63, 3.8) is 0 Å². The number of fused-ring (bicyclic) bond motifs is 1. The summed E-state index contributed by atoms with van der Waals surface area (Å²) in [6.07, 6.45) is 0. The third-order valence-corrected chi connectivity index (χ3v) is 7.07. The number of thioether (sulfide) groups is 1. The summed E-state index contributed by atoms with van der Waals surface area (Å²) >= 11 is 20.0. The number of hydrogen-bond acceptors (Lipinski definition) is 6. The number of halogens is 3. The molecule has 11 heteroatoms. The minimum Gasteiger partial charge on any atom is -0.495 e. The van der Waals surface area contributed by atoms with E-state index < -0.39 is 5.82 Å². The average Bonchev–Trinajstić information content (AvgIpc) is 3.04. The van der Waals surface area contributed by atoms with Gasteiger partial charge in [0.05, 0.1) is 12.8 Å². The molecule has 0 atom stereocenters. The first-order valence-electron chi connectivity index (χ1n) is 8.44. The van der Waals surface area contributed by atoms with Crippen LogP contribution < -0.4 is 10.3 Å². The molecule has 0 aliphatic rings. The van der Waals surface area contributed by atoms with Crippen LogP contribution in [0.3, 0.4) is 0 Å². The number of methoxy groups -OCH3 is 1. The van der Waals surface area contributed by atoms with Gasteiger partial charge in [-0.3, -0.25) is 9.36 Å². The predicted octanol–water partition coefficient (Wildman–Crippen LogP) is 6.25. The topological polar surface area (TPSA) is 59.9 Å². The summed E-state index contributed by atoms with van der Waals surface area (Å²) in [4.78, 5) is 19.9. The molecule has 0 radical (unpaired) electrons. The number of ether oxygens (including phenoxy) is 1. The van der Waals surface area contributed by atoms with E-state index in [-0.39, 0.29) is 11.3 Å². The standard InChI is InChI=1S/C19H12Cl2FN3O2S3/c1-27-14-6-5-9(20)7-13(14)25-16-15(30-19(25)28)17(26)24-18(23-16)29-8-10-11(21)3-2-4-12(10)22/h2-7H,8H2,1H3,(H,23,24,26). The Balaban J connectivity index is 1.82. The van der Waals surface area contributed by atoms with Gasteiger partial charge in [0, 0.05) is 21.4 Å². The molecule has 2 aromatic carbocycles. The molecule has 2 aromatic heterocycles. The molecule has 154 valence electrons. The lowest BCUT2D eigenvalue weighted by atomic mass is 10.2. The van der Waals surface area contributed by atoms with E-state index in [1.54, 1.807) is 28.8 Å². The summed E-state index contributed by atoms with van der Waals surface area (Å²) in [5.74, 6) is 0.316. The summed E-state index contributed by atoms with van der Waals surface area (Å²) in [6.45, 7) is 0. The van der Waals surface area contributed by atoms with Gasteiger partial charge in [0.1, 0.15) is 16.3 Å². The Morgan fingerprint density at radius 2 is 2.13 bits per heavy atom. The van der Waals surface area contributed by atoms with Crippen LogP contribution in [-0.2, 0) is 5.75 Å². The van der Waals surface area contributed by atoms with Gasteiger partial charge in [0.15, 0.2) is 14.8 Å². The molecule has 5 nitrogen and oxygen atoms in total. The lowest BCUT2D eigenvalue weighted by Crippen LogP contribution is -2.09. The highest BCUT2D eigenvalue weighted by atomic mass is 35.5. The van der Waals surface area contributed by atoms with Gasteiger partial charge in [-0.1, -0.05) is 52.4 Å². The van der Waals surface area contributed by atoms with E-state index in [0.29, 0.717) is 46.5 Å². The summed E-state index contributed by atoms with van der Waals surface area (Å²) in [7, 11) is 1.53. The Labute approximate surface area is 193 Å². The Bertz CT molecular complexity index is 1360. The second kappa shape index (κ2) is 8.68. The zero-order valence-corrected chi connectivity index (χ0v) is 19.2. The molecule has 0 fully saturated rings. The third-order valence-electron chi connectivity index (χ3n) is 4.22. The molecular formula is C19H12Cl2FN3O2S3. The largest absolute Gasteiger partial charge is 0.495 e. The van der Waals surface area contributed by atoms with Crippen LogP contribution in [0.4, 0.5) is 4.39 Å². The number of aromatic nitrogens is 3. The number of H-pyrrole nitrogens is 1. The summed E-state index contributed by atoms with van der Waals surface area (Å²) in [5, 5.41) is 1.11. The van der Waals surface area contributed by atoms with Gasteiger partial charge in [-0.25, -0.2) is 9.37 Å². The molecule has 0 aliphatic heterocycles. The number of benzene rings is 2. The first kappa shape index (κ1) is 21.3. The molecule has 30 heavy (non-hydrogen) atoms. The van der Waals surface area contributed by atoms with Crippen molar-refractivity contribution in [2.75, 3.05) is 7.11 Å². The van der Waals surface area contributed by atoms with Crippen molar-refractivity contribution in [3.05, 3.63) is 72.1 Å². The highest BCUT2D eigenvalue weighted by molar-refractivity contribution is 7.98. The van der Waals surface area contributed by atoms with Gasteiger partial charge in [-0.2, -0.15) is 0 Å². The molecule has 4 rings (SSSR count). The smallest absolute Gasteiger partial charge is 0.271 e. The van der Waals surface area contributed by atoms with Crippen molar-refractivity contribution < 1.29 is 9.13 Å². The van der Waals surface area contributed by atoms with Crippen molar-refractivity contribution >= 4 is 68.9 Å². The van der Waals surface area contributed by atoms with E-state index in [4.69, 9.17) is 40.2 Å². The van der Waals surface area contributed by atoms with Gasteiger partial charge in [0.2, 0.25) is 0 Å². The van der Waals surface area contributed by atoms with Gasteiger partial charge in [-0.05, 0) is 42.5 Å². The summed E-state index contributed by atoms with van der Waals surface area (Å²) < 4.78 is 21.9. The molecule has 4 aromatic rings. The lowest BCUT2D eigenvalue weighted by Gasteiger charge is -2.11. The Kier molecular flexibility index (Phi) is 6.17. The van der Waals surface area contributed by atoms with Crippen molar-refractivity contribution in [1.29, 1.82) is 0 Å². The number of rotatable bonds is 5. The molecule has 0 bridgehead atoms. The fourth-order valence-corrected chi connectivity index (χ4v) is 5.45.